The molecule has 8 nitrogen and oxygen atoms in total. The quantitative estimate of drug-likeness (QED) is 0.638. The van der Waals surface area contributed by atoms with E-state index in [-0.39, 0.29) is 6.03 Å². The average Bonchev–Trinajstić information content (AvgIpc) is 3.08. The number of nitrogens with zero attached hydrogens (tertiary/aromatic N) is 3. The van der Waals surface area contributed by atoms with Gasteiger partial charge in [-0.25, -0.2) is 14.8 Å². The van der Waals surface area contributed by atoms with Crippen molar-refractivity contribution >= 4 is 34.7 Å². The number of nitrogens with two attached hydrogens (primary N) is 1. The number of hydrogen-bond donors (Lipinski definition) is 4. The van der Waals surface area contributed by atoms with Gasteiger partial charge >= 0.3 is 6.03 Å². The second-order valence-electron chi connectivity index (χ2n) is 5.49. The number of amides is 2. The summed E-state index contributed by atoms with van der Waals surface area (Å²) in [6.45, 7) is 1.73. The van der Waals surface area contributed by atoms with E-state index in [2.05, 4.69) is 20.7 Å². The second kappa shape index (κ2) is 7.05. The molecule has 1 aliphatic rings. The molecule has 24 heavy (non-hydrogen) atoms. The first-order chi connectivity index (χ1) is 11.7. The Balaban J connectivity index is 1.78. The number of hydrazine groups is 1. The van der Waals surface area contributed by atoms with Crippen LogP contribution in [0.1, 0.15) is 18.4 Å². The molecule has 0 radical (unpaired) electrons. The smallest absolute Gasteiger partial charge is 0.334 e. The molecule has 0 aliphatic carbocycles. The maximum absolute atomic E-state index is 12.0. The van der Waals surface area contributed by atoms with Gasteiger partial charge in [-0.3, -0.25) is 15.7 Å². The van der Waals surface area contributed by atoms with Crippen LogP contribution in [-0.2, 0) is 0 Å². The molecule has 1 saturated heterocycles. The molecule has 3 rings (SSSR count). The van der Waals surface area contributed by atoms with E-state index in [9.17, 15) is 4.79 Å². The minimum atomic E-state index is -0.310. The van der Waals surface area contributed by atoms with Crippen LogP contribution in [0.5, 0.6) is 0 Å². The summed E-state index contributed by atoms with van der Waals surface area (Å²) in [4.78, 5) is 20.7. The Kier molecular flexibility index (Phi) is 4.66. The molecule has 124 valence electrons. The number of hydrogen-bond acceptors (Lipinski definition) is 6. The van der Waals surface area contributed by atoms with Gasteiger partial charge in [-0.1, -0.05) is 0 Å². The van der Waals surface area contributed by atoms with Crippen LogP contribution >= 0.6 is 0 Å². The zero-order valence-electron chi connectivity index (χ0n) is 13.1. The number of aromatic nitrogens is 2. The van der Waals surface area contributed by atoms with Crippen LogP contribution in [0.2, 0.25) is 0 Å². The number of urea groups is 1. The zero-order valence-corrected chi connectivity index (χ0v) is 13.1. The molecule has 3 heterocycles. The van der Waals surface area contributed by atoms with Crippen LogP contribution < -0.4 is 16.5 Å². The minimum absolute atomic E-state index is 0.310. The van der Waals surface area contributed by atoms with Crippen LogP contribution in [0.3, 0.4) is 0 Å². The van der Waals surface area contributed by atoms with Crippen LogP contribution in [0.15, 0.2) is 30.6 Å². The first-order valence-corrected chi connectivity index (χ1v) is 7.72. The molecule has 0 atom stereocenters. The van der Waals surface area contributed by atoms with Gasteiger partial charge in [0.25, 0.3) is 0 Å². The van der Waals surface area contributed by atoms with Gasteiger partial charge in [0.05, 0.1) is 11.0 Å². The first-order valence-electron chi connectivity index (χ1n) is 7.72. The summed E-state index contributed by atoms with van der Waals surface area (Å²) in [5, 5.41) is 12.0. The van der Waals surface area contributed by atoms with E-state index < -0.39 is 0 Å². The van der Waals surface area contributed by atoms with Crippen molar-refractivity contribution in [1.82, 2.24) is 20.4 Å². The highest BCUT2D eigenvalue weighted by atomic mass is 16.2. The van der Waals surface area contributed by atoms with Crippen LogP contribution in [0, 0.1) is 5.41 Å². The van der Waals surface area contributed by atoms with Crippen molar-refractivity contribution in [3.63, 3.8) is 0 Å². The SMILES string of the molecule is N=CC(=CN)c1cnc2ccc(NC(=O)NN3CCCC3)nc2c1. The lowest BCUT2D eigenvalue weighted by molar-refractivity contribution is 0.209. The van der Waals surface area contributed by atoms with Gasteiger partial charge in [0.2, 0.25) is 0 Å². The molecule has 0 aromatic carbocycles. The third-order valence-electron chi connectivity index (χ3n) is 3.81. The monoisotopic (exact) mass is 325 g/mol. The normalized spacial score (nSPS) is 15.4. The van der Waals surface area contributed by atoms with Crippen molar-refractivity contribution in [2.24, 2.45) is 5.73 Å². The van der Waals surface area contributed by atoms with Gasteiger partial charge in [-0.15, -0.1) is 0 Å². The number of anilines is 1. The Bertz CT molecular complexity index is 796. The summed E-state index contributed by atoms with van der Waals surface area (Å²) in [5.41, 5.74) is 10.9. The molecule has 1 aliphatic heterocycles. The maximum Gasteiger partial charge on any atom is 0.334 e. The molecule has 1 fully saturated rings. The lowest BCUT2D eigenvalue weighted by Crippen LogP contribution is -2.42. The Morgan fingerprint density at radius 1 is 1.29 bits per heavy atom. The minimum Gasteiger partial charge on any atom is -0.404 e. The maximum atomic E-state index is 12.0. The molecule has 0 bridgehead atoms. The number of carbonyl (C=O) groups excluding carboxylic acids is 1. The van der Waals surface area contributed by atoms with Crippen molar-refractivity contribution in [2.45, 2.75) is 12.8 Å². The van der Waals surface area contributed by atoms with Crippen molar-refractivity contribution in [3.05, 3.63) is 36.2 Å². The molecule has 5 N–H and O–H groups in total. The fourth-order valence-electron chi connectivity index (χ4n) is 2.58. The topological polar surface area (TPSA) is 120 Å². The van der Waals surface area contributed by atoms with Gasteiger partial charge in [-0.2, -0.15) is 0 Å². The fourth-order valence-corrected chi connectivity index (χ4v) is 2.58. The molecule has 8 heteroatoms. The molecule has 2 aromatic heterocycles. The highest BCUT2D eigenvalue weighted by molar-refractivity contribution is 6.08. The number of rotatable bonds is 4. The highest BCUT2D eigenvalue weighted by Crippen LogP contribution is 2.18. The third-order valence-corrected chi connectivity index (χ3v) is 3.81. The number of allylic oxidation sites excluding steroid dienone is 1. The average molecular weight is 325 g/mol. The molecular formula is C16H19N7O. The standard InChI is InChI=1S/C16H19N7O/c17-8-12(9-18)11-7-14-13(19-10-11)3-4-15(20-14)21-16(24)22-23-5-1-2-6-23/h3-4,7-10,17H,1-2,5-6,18H2,(H2,20,21,22,24). The summed E-state index contributed by atoms with van der Waals surface area (Å²) in [6, 6.07) is 4.97. The molecule has 0 unspecified atom stereocenters. The predicted octanol–water partition coefficient (Wildman–Crippen LogP) is 1.71. The fraction of sp³-hybridized carbons (Fsp3) is 0.250. The summed E-state index contributed by atoms with van der Waals surface area (Å²) in [6.07, 6.45) is 6.33. The third kappa shape index (κ3) is 3.49. The van der Waals surface area contributed by atoms with Gasteiger partial charge in [0.15, 0.2) is 0 Å². The summed E-state index contributed by atoms with van der Waals surface area (Å²) in [7, 11) is 0. The van der Waals surface area contributed by atoms with Crippen LogP contribution in [-0.4, -0.2) is 40.3 Å². The van der Waals surface area contributed by atoms with Crippen molar-refractivity contribution < 1.29 is 4.79 Å². The Hall–Kier alpha value is -3.00. The number of pyridine rings is 2. The van der Waals surface area contributed by atoms with Crippen molar-refractivity contribution in [3.8, 4) is 0 Å². The van der Waals surface area contributed by atoms with Gasteiger partial charge in [0, 0.05) is 42.8 Å². The largest absolute Gasteiger partial charge is 0.404 e. The number of nitrogens with one attached hydrogen (secondary N) is 3. The Labute approximate surface area is 139 Å². The lowest BCUT2D eigenvalue weighted by Gasteiger charge is -2.16. The van der Waals surface area contributed by atoms with Crippen LogP contribution in [0.4, 0.5) is 10.6 Å². The zero-order chi connectivity index (χ0) is 16.9. The van der Waals surface area contributed by atoms with E-state index in [1.807, 2.05) is 5.01 Å². The van der Waals surface area contributed by atoms with Crippen molar-refractivity contribution in [2.75, 3.05) is 18.4 Å². The van der Waals surface area contributed by atoms with Crippen molar-refractivity contribution in [1.29, 1.82) is 5.41 Å². The Morgan fingerprint density at radius 3 is 2.79 bits per heavy atom. The van der Waals surface area contributed by atoms with E-state index in [1.165, 1.54) is 6.20 Å². The highest BCUT2D eigenvalue weighted by Gasteiger charge is 2.14. The molecular weight excluding hydrogens is 306 g/mol. The molecule has 2 amide bonds. The predicted molar refractivity (Wildman–Crippen MR) is 93.4 cm³/mol. The summed E-state index contributed by atoms with van der Waals surface area (Å²) >= 11 is 0. The summed E-state index contributed by atoms with van der Waals surface area (Å²) < 4.78 is 0. The van der Waals surface area contributed by atoms with Gasteiger partial charge in [-0.05, 0) is 31.0 Å². The van der Waals surface area contributed by atoms with E-state index in [0.29, 0.717) is 28.0 Å². The molecule has 0 saturated carbocycles. The van der Waals surface area contributed by atoms with E-state index >= 15 is 0 Å². The second-order valence-corrected chi connectivity index (χ2v) is 5.49. The van der Waals surface area contributed by atoms with Gasteiger partial charge in [0.1, 0.15) is 5.82 Å². The van der Waals surface area contributed by atoms with E-state index in [1.54, 1.807) is 24.4 Å². The lowest BCUT2D eigenvalue weighted by atomic mass is 10.1. The molecule has 0 spiro atoms. The van der Waals surface area contributed by atoms with Crippen LogP contribution in [0.25, 0.3) is 16.6 Å². The van der Waals surface area contributed by atoms with E-state index in [4.69, 9.17) is 11.1 Å². The van der Waals surface area contributed by atoms with E-state index in [0.717, 1.165) is 32.1 Å². The molecule has 2 aromatic rings. The number of carbonyl (C=O) groups is 1. The Morgan fingerprint density at radius 2 is 2.08 bits per heavy atom. The first kappa shape index (κ1) is 15.9. The number of fused-ring (bicyclic) bond motifs is 1. The van der Waals surface area contributed by atoms with Gasteiger partial charge < -0.3 is 11.1 Å². The summed E-state index contributed by atoms with van der Waals surface area (Å²) in [5.74, 6) is 0.436.